The highest BCUT2D eigenvalue weighted by Gasteiger charge is 2.56. The number of amides is 4. The molecule has 60 heavy (non-hydrogen) atoms. The summed E-state index contributed by atoms with van der Waals surface area (Å²) >= 11 is 15.1. The third kappa shape index (κ3) is 8.31. The summed E-state index contributed by atoms with van der Waals surface area (Å²) in [5, 5.41) is 6.16. The molecule has 4 N–H and O–H groups in total. The number of benzene rings is 2. The number of imidazole rings is 2. The number of ether oxygens (including phenoxy) is 2. The second-order valence-corrected chi connectivity index (χ2v) is 17.5. The minimum atomic E-state index is -0.759. The number of carbonyl (C=O) groups is 4. The average molecular weight is 974 g/mol. The number of likely N-dealkylation sites (tertiary alicyclic amines) is 2. The molecule has 0 spiro atoms. The number of aromatic amines is 2. The molecule has 1 saturated carbocycles. The first-order valence-corrected chi connectivity index (χ1v) is 21.9. The molecule has 18 heteroatoms. The largest absolute Gasteiger partial charge is 0.453 e. The Kier molecular flexibility index (Phi) is 12.4. The van der Waals surface area contributed by atoms with Crippen molar-refractivity contribution in [1.82, 2.24) is 40.4 Å². The molecule has 0 bridgehead atoms. The van der Waals surface area contributed by atoms with Crippen LogP contribution in [0.25, 0.3) is 33.6 Å². The van der Waals surface area contributed by atoms with Crippen LogP contribution in [0.2, 0.25) is 10.3 Å². The van der Waals surface area contributed by atoms with Gasteiger partial charge in [0.2, 0.25) is 11.8 Å². The minimum Gasteiger partial charge on any atom is -0.453 e. The Morgan fingerprint density at radius 3 is 1.85 bits per heavy atom. The molecule has 4 fully saturated rings. The van der Waals surface area contributed by atoms with Gasteiger partial charge in [-0.2, -0.15) is 0 Å². The summed E-state index contributed by atoms with van der Waals surface area (Å²) in [6, 6.07) is 13.8. The number of methoxy groups -OCH3 is 1. The molecule has 318 valence electrons. The number of H-pyrrole nitrogens is 2. The lowest BCUT2D eigenvalue weighted by atomic mass is 9.90. The SMILES string of the molecule is COC(=O)N[C@@H](C)C(=O)N1C2CC2C[C@H]1c1nc(-c2ccc(-c3ccc(-c4nc([C@@H]5CC(C)[C@@H](C)N5C(=O)[C@@H](NC(=O)OI)C5CCOCC5)[nH]c4Cl)cc3)cc2)c(Cl)[nH]1. The van der Waals surface area contributed by atoms with Gasteiger partial charge < -0.3 is 42.9 Å². The second kappa shape index (κ2) is 17.5. The molecule has 5 heterocycles. The van der Waals surface area contributed by atoms with E-state index in [0.29, 0.717) is 71.7 Å². The number of rotatable bonds is 10. The number of nitrogens with one attached hydrogen (secondary N) is 4. The number of nitrogens with zero attached hydrogens (tertiary/aromatic N) is 4. The Balaban J connectivity index is 0.968. The van der Waals surface area contributed by atoms with Crippen LogP contribution in [0.1, 0.15) is 76.6 Å². The van der Waals surface area contributed by atoms with Crippen molar-refractivity contribution in [2.45, 2.75) is 89.1 Å². The van der Waals surface area contributed by atoms with E-state index in [1.807, 2.05) is 65.3 Å². The number of hydrogen-bond donors (Lipinski definition) is 4. The van der Waals surface area contributed by atoms with Crippen molar-refractivity contribution in [3.63, 3.8) is 0 Å². The van der Waals surface area contributed by atoms with Gasteiger partial charge in [-0.3, -0.25) is 9.59 Å². The maximum atomic E-state index is 14.3. The van der Waals surface area contributed by atoms with E-state index in [-0.39, 0.29) is 47.8 Å². The highest BCUT2D eigenvalue weighted by molar-refractivity contribution is 14.1. The van der Waals surface area contributed by atoms with Crippen LogP contribution in [-0.4, -0.2) is 98.2 Å². The molecule has 4 aliphatic rings. The van der Waals surface area contributed by atoms with Crippen LogP contribution in [0.3, 0.4) is 0 Å². The minimum absolute atomic E-state index is 0.0853. The Morgan fingerprint density at radius 1 is 0.783 bits per heavy atom. The molecule has 1 aliphatic carbocycles. The number of aromatic nitrogens is 4. The van der Waals surface area contributed by atoms with Gasteiger partial charge in [-0.25, -0.2) is 19.6 Å². The first-order valence-electron chi connectivity index (χ1n) is 20.2. The summed E-state index contributed by atoms with van der Waals surface area (Å²) in [4.78, 5) is 72.0. The summed E-state index contributed by atoms with van der Waals surface area (Å²) in [7, 11) is 1.27. The number of carbonyl (C=O) groups excluding carboxylic acids is 4. The summed E-state index contributed by atoms with van der Waals surface area (Å²) in [5.74, 6) is 1.35. The van der Waals surface area contributed by atoms with Gasteiger partial charge in [-0.05, 0) is 74.8 Å². The first kappa shape index (κ1) is 42.3. The normalized spacial score (nSPS) is 24.7. The maximum Gasteiger partial charge on any atom is 0.417 e. The Hall–Kier alpha value is -4.39. The van der Waals surface area contributed by atoms with Crippen molar-refractivity contribution >= 4 is 70.2 Å². The van der Waals surface area contributed by atoms with Crippen molar-refractivity contribution in [1.29, 1.82) is 0 Å². The highest BCUT2D eigenvalue weighted by Crippen LogP contribution is 2.53. The molecule has 15 nitrogen and oxygen atoms in total. The Bertz CT molecular complexity index is 2250. The summed E-state index contributed by atoms with van der Waals surface area (Å²) < 4.78 is 15.1. The standard InChI is InChI=1S/C42H47Cl2IN8O7/c1-20-17-30(52(22(20)3)40(55)34(49-42(57)60-45)27-13-15-59-16-14-27)37-47-32(35(43)50-37)25-9-5-23(6-10-25)24-7-11-26(12-8-24)33-36(44)51-38(48-33)31-19-28-18-29(28)53(31)39(54)21(2)46-41(56)58-4/h5-12,20-22,27-31,34H,13-19H2,1-4H3,(H,46,56)(H,47,50)(H,48,51)(H,49,57)/t20?,21-,22+,28?,29?,30-,31-,34-/m0/s1. The number of piperidine rings is 1. The van der Waals surface area contributed by atoms with Gasteiger partial charge in [-0.1, -0.05) is 78.7 Å². The average Bonchev–Trinajstić information content (AvgIpc) is 3.51. The number of halogens is 3. The van der Waals surface area contributed by atoms with Crippen molar-refractivity contribution in [3.8, 4) is 33.6 Å². The predicted octanol–water partition coefficient (Wildman–Crippen LogP) is 8.02. The predicted molar refractivity (Wildman–Crippen MR) is 232 cm³/mol. The van der Waals surface area contributed by atoms with Gasteiger partial charge in [0.15, 0.2) is 23.0 Å². The van der Waals surface area contributed by atoms with Gasteiger partial charge in [0.25, 0.3) is 0 Å². The topological polar surface area (TPSA) is 184 Å². The van der Waals surface area contributed by atoms with Crippen LogP contribution < -0.4 is 10.6 Å². The zero-order valence-electron chi connectivity index (χ0n) is 33.5. The van der Waals surface area contributed by atoms with E-state index in [2.05, 4.69) is 32.3 Å². The lowest BCUT2D eigenvalue weighted by Crippen LogP contribution is -2.54. The smallest absolute Gasteiger partial charge is 0.417 e. The fourth-order valence-corrected chi connectivity index (χ4v) is 9.80. The second-order valence-electron chi connectivity index (χ2n) is 16.3. The fourth-order valence-electron chi connectivity index (χ4n) is 9.17. The lowest BCUT2D eigenvalue weighted by molar-refractivity contribution is -0.139. The van der Waals surface area contributed by atoms with Crippen LogP contribution in [0, 0.1) is 17.8 Å². The molecule has 8 rings (SSSR count). The van der Waals surface area contributed by atoms with Crippen molar-refractivity contribution in [3.05, 3.63) is 70.5 Å². The van der Waals surface area contributed by atoms with Crippen LogP contribution in [0.4, 0.5) is 9.59 Å². The molecule has 3 unspecified atom stereocenters. The molecule has 2 aromatic heterocycles. The number of alkyl carbamates (subject to hydrolysis) is 1. The zero-order valence-corrected chi connectivity index (χ0v) is 37.2. The van der Waals surface area contributed by atoms with Gasteiger partial charge in [-0.15, -0.1) is 0 Å². The van der Waals surface area contributed by atoms with Gasteiger partial charge in [0.1, 0.15) is 45.4 Å². The van der Waals surface area contributed by atoms with E-state index >= 15 is 0 Å². The zero-order chi connectivity index (χ0) is 42.4. The van der Waals surface area contributed by atoms with Gasteiger partial charge in [0.05, 0.1) is 19.2 Å². The van der Waals surface area contributed by atoms with Crippen LogP contribution in [0.15, 0.2) is 48.5 Å². The molecular weight excluding hydrogens is 926 g/mol. The molecule has 4 amide bonds. The van der Waals surface area contributed by atoms with E-state index in [4.69, 9.17) is 41.0 Å². The van der Waals surface area contributed by atoms with Crippen LogP contribution in [0.5, 0.6) is 0 Å². The summed E-state index contributed by atoms with van der Waals surface area (Å²) in [6.07, 6.45) is 2.39. The molecule has 0 radical (unpaired) electrons. The van der Waals surface area contributed by atoms with E-state index in [1.54, 1.807) is 6.92 Å². The molecule has 3 aliphatic heterocycles. The lowest BCUT2D eigenvalue weighted by Gasteiger charge is -2.36. The van der Waals surface area contributed by atoms with Gasteiger partial charge >= 0.3 is 12.2 Å². The quantitative estimate of drug-likeness (QED) is 0.114. The molecule has 8 atom stereocenters. The molecule has 3 saturated heterocycles. The van der Waals surface area contributed by atoms with Crippen LogP contribution >= 0.6 is 46.2 Å². The van der Waals surface area contributed by atoms with Crippen molar-refractivity contribution < 1.29 is 31.7 Å². The highest BCUT2D eigenvalue weighted by atomic mass is 127. The van der Waals surface area contributed by atoms with E-state index in [0.717, 1.165) is 35.1 Å². The number of hydrogen-bond acceptors (Lipinski definition) is 9. The third-order valence-corrected chi connectivity index (χ3v) is 13.6. The van der Waals surface area contributed by atoms with Crippen molar-refractivity contribution in [2.24, 2.45) is 17.8 Å². The fraction of sp³-hybridized carbons (Fsp3) is 0.476. The summed E-state index contributed by atoms with van der Waals surface area (Å²) in [5.41, 5.74) is 4.77. The Morgan fingerprint density at radius 2 is 1.32 bits per heavy atom. The van der Waals surface area contributed by atoms with Crippen molar-refractivity contribution in [2.75, 3.05) is 20.3 Å². The Labute approximate surface area is 371 Å². The first-order chi connectivity index (χ1) is 28.9. The van der Waals surface area contributed by atoms with Gasteiger partial charge in [0, 0.05) is 36.4 Å². The molecular formula is C42H47Cl2IN8O7. The summed E-state index contributed by atoms with van der Waals surface area (Å²) in [6.45, 7) is 6.85. The monoisotopic (exact) mass is 972 g/mol. The van der Waals surface area contributed by atoms with E-state index < -0.39 is 24.3 Å². The maximum absolute atomic E-state index is 14.3. The van der Waals surface area contributed by atoms with Crippen LogP contribution in [-0.2, 0) is 22.1 Å². The van der Waals surface area contributed by atoms with E-state index in [1.165, 1.54) is 30.1 Å². The molecule has 2 aromatic carbocycles. The van der Waals surface area contributed by atoms with E-state index in [9.17, 15) is 19.2 Å². The molecule has 4 aromatic rings. The third-order valence-electron chi connectivity index (χ3n) is 12.7. The number of fused-ring (bicyclic) bond motifs is 1.